The van der Waals surface area contributed by atoms with Crippen molar-refractivity contribution in [3.63, 3.8) is 0 Å². The average molecular weight is 412 g/mol. The number of rotatable bonds is 3. The van der Waals surface area contributed by atoms with Crippen LogP contribution in [0.4, 0.5) is 0 Å². The van der Waals surface area contributed by atoms with E-state index in [9.17, 15) is 0 Å². The van der Waals surface area contributed by atoms with Gasteiger partial charge in [-0.3, -0.25) is 0 Å². The first-order chi connectivity index (χ1) is 10.9. The molecular formula is C21H25Cl2OTi. The molecule has 0 bridgehead atoms. The standard InChI is InChI=1S/C16H13.C4H9.CH3O.2ClH.Ti/c1-12-6-7-15(10-12)16-9-8-13-4-2-3-5-14(13)11-16;1-4(2)3;1-2;;;/h2-6,8-10H,7H2,1H3;1-3H3;1H3;2*1H;/q;;-1;;;+3/p-2. The third-order valence-electron chi connectivity index (χ3n) is 4.43. The number of fused-ring (bicyclic) bond motifs is 1. The van der Waals surface area contributed by atoms with E-state index in [1.54, 1.807) is 0 Å². The van der Waals surface area contributed by atoms with E-state index in [-0.39, 0.29) is 28.5 Å². The Morgan fingerprint density at radius 2 is 1.68 bits per heavy atom. The van der Waals surface area contributed by atoms with E-state index >= 15 is 0 Å². The molecule has 1 aliphatic carbocycles. The van der Waals surface area contributed by atoms with Crippen LogP contribution in [-0.2, 0) is 21.6 Å². The molecule has 25 heavy (non-hydrogen) atoms. The Balaban J connectivity index is 0.00000156. The Labute approximate surface area is 170 Å². The predicted molar refractivity (Wildman–Crippen MR) is 96.7 cm³/mol. The van der Waals surface area contributed by atoms with Gasteiger partial charge in [0, 0.05) is 0 Å². The summed E-state index contributed by atoms with van der Waals surface area (Å²) in [4.78, 5) is 0. The van der Waals surface area contributed by atoms with Crippen molar-refractivity contribution >= 4 is 20.2 Å². The van der Waals surface area contributed by atoms with Gasteiger partial charge in [-0.1, -0.05) is 0 Å². The molecule has 0 fully saturated rings. The minimum atomic E-state index is -1.92. The minimum absolute atomic E-state index is 0. The van der Waals surface area contributed by atoms with Crippen LogP contribution in [0.3, 0.4) is 0 Å². The van der Waals surface area contributed by atoms with Crippen molar-refractivity contribution in [3.05, 3.63) is 59.7 Å². The van der Waals surface area contributed by atoms with E-state index in [0.29, 0.717) is 0 Å². The average Bonchev–Trinajstić information content (AvgIpc) is 2.93. The molecular weight excluding hydrogens is 387 g/mol. The summed E-state index contributed by atoms with van der Waals surface area (Å²) in [5.74, 6) is 0. The van der Waals surface area contributed by atoms with Gasteiger partial charge in [-0.2, -0.15) is 0 Å². The summed E-state index contributed by atoms with van der Waals surface area (Å²) < 4.78 is 7.86. The molecule has 0 atom stereocenters. The second-order valence-electron chi connectivity index (χ2n) is 7.31. The fourth-order valence-electron chi connectivity index (χ4n) is 3.42. The van der Waals surface area contributed by atoms with Crippen molar-refractivity contribution in [3.8, 4) is 0 Å². The molecule has 133 valence electrons. The Kier molecular flexibility index (Phi) is 7.99. The van der Waals surface area contributed by atoms with E-state index in [0.717, 1.165) is 6.42 Å². The maximum Gasteiger partial charge on any atom is -1.00 e. The molecule has 0 saturated carbocycles. The van der Waals surface area contributed by atoms with Crippen molar-refractivity contribution in [2.45, 2.75) is 37.8 Å². The molecule has 0 spiro atoms. The minimum Gasteiger partial charge on any atom is -1.00 e. The van der Waals surface area contributed by atoms with Gasteiger partial charge in [-0.15, -0.1) is 0 Å². The van der Waals surface area contributed by atoms with E-state index in [1.807, 2.05) is 7.11 Å². The Morgan fingerprint density at radius 1 is 1.00 bits per heavy atom. The molecule has 2 aromatic carbocycles. The molecule has 0 radical (unpaired) electrons. The summed E-state index contributed by atoms with van der Waals surface area (Å²) in [6.07, 6.45) is 5.69. The van der Waals surface area contributed by atoms with Crippen LogP contribution in [0.5, 0.6) is 0 Å². The molecule has 0 aliphatic heterocycles. The first kappa shape index (κ1) is 22.5. The molecule has 0 heterocycles. The van der Waals surface area contributed by atoms with Crippen molar-refractivity contribution in [2.24, 2.45) is 0 Å². The third-order valence-corrected chi connectivity index (χ3v) is 8.75. The van der Waals surface area contributed by atoms with Crippen molar-refractivity contribution in [1.82, 2.24) is 0 Å². The summed E-state index contributed by atoms with van der Waals surface area (Å²) >= 11 is -1.92. The zero-order valence-electron chi connectivity index (χ0n) is 15.5. The number of allylic oxidation sites excluding steroid dienone is 4. The number of benzene rings is 2. The van der Waals surface area contributed by atoms with Crippen LogP contribution in [-0.4, -0.2) is 7.11 Å². The first-order valence-corrected chi connectivity index (χ1v) is 10.4. The van der Waals surface area contributed by atoms with E-state index in [4.69, 9.17) is 3.32 Å². The van der Waals surface area contributed by atoms with Crippen LogP contribution in [0, 0.1) is 0 Å². The number of halogens is 2. The van der Waals surface area contributed by atoms with Gasteiger partial charge < -0.3 is 24.8 Å². The molecule has 0 aromatic heterocycles. The van der Waals surface area contributed by atoms with Gasteiger partial charge in [0.25, 0.3) is 0 Å². The molecule has 1 nitrogen and oxygen atoms in total. The number of hydrogen-bond donors (Lipinski definition) is 0. The summed E-state index contributed by atoms with van der Waals surface area (Å²) in [6, 6.07) is 13.3. The van der Waals surface area contributed by atoms with Gasteiger partial charge in [-0.25, -0.2) is 0 Å². The Hall–Kier alpha value is -0.566. The van der Waals surface area contributed by atoms with Crippen LogP contribution >= 0.6 is 0 Å². The van der Waals surface area contributed by atoms with Gasteiger partial charge in [-0.05, 0) is 0 Å². The summed E-state index contributed by atoms with van der Waals surface area (Å²) in [7, 11) is 1.90. The molecule has 0 unspecified atom stereocenters. The van der Waals surface area contributed by atoms with E-state index in [1.165, 1.54) is 31.4 Å². The van der Waals surface area contributed by atoms with Gasteiger partial charge >= 0.3 is 146 Å². The van der Waals surface area contributed by atoms with Crippen LogP contribution in [0.15, 0.2) is 54.1 Å². The Bertz CT molecular complexity index is 803. The topological polar surface area (TPSA) is 9.23 Å². The first-order valence-electron chi connectivity index (χ1n) is 8.23. The number of hydrogen-bond acceptors (Lipinski definition) is 1. The molecule has 0 amide bonds. The summed E-state index contributed by atoms with van der Waals surface area (Å²) in [5.41, 5.74) is 4.21. The van der Waals surface area contributed by atoms with Gasteiger partial charge in [0.15, 0.2) is 0 Å². The second kappa shape index (κ2) is 8.88. The van der Waals surface area contributed by atoms with Gasteiger partial charge in [0.2, 0.25) is 0 Å². The predicted octanol–water partition coefficient (Wildman–Crippen LogP) is -0.395. The normalized spacial score (nSPS) is 13.6. The quantitative estimate of drug-likeness (QED) is 0.625. The molecule has 0 N–H and O–H groups in total. The van der Waals surface area contributed by atoms with Crippen LogP contribution in [0.1, 0.15) is 39.7 Å². The van der Waals surface area contributed by atoms with Crippen LogP contribution in [0.25, 0.3) is 16.3 Å². The zero-order chi connectivity index (χ0) is 16.6. The van der Waals surface area contributed by atoms with E-state index < -0.39 is 18.3 Å². The maximum absolute atomic E-state index is 6.16. The Morgan fingerprint density at radius 3 is 2.24 bits per heavy atom. The van der Waals surface area contributed by atoms with Crippen molar-refractivity contribution < 1.29 is 46.4 Å². The summed E-state index contributed by atoms with van der Waals surface area (Å²) in [5, 5.41) is 2.70. The smallest absolute Gasteiger partial charge is 1.00 e. The third kappa shape index (κ3) is 4.59. The van der Waals surface area contributed by atoms with Gasteiger partial charge in [0.05, 0.1) is 0 Å². The van der Waals surface area contributed by atoms with Crippen LogP contribution in [0.2, 0.25) is 3.72 Å². The molecule has 3 rings (SSSR count). The molecule has 4 heteroatoms. The monoisotopic (exact) mass is 411 g/mol. The van der Waals surface area contributed by atoms with E-state index in [2.05, 4.69) is 76.2 Å². The molecule has 2 aromatic rings. The van der Waals surface area contributed by atoms with Crippen LogP contribution < -0.4 is 28.7 Å². The SMILES string of the molecule is C[O][Ti+2]([c]1c(C2=CC(C)=CC2)ccc2ccccc12)[C](C)(C)C.[Cl-].[Cl-]. The van der Waals surface area contributed by atoms with Crippen molar-refractivity contribution in [1.29, 1.82) is 0 Å². The fraction of sp³-hybridized carbons (Fsp3) is 0.333. The van der Waals surface area contributed by atoms with Crippen molar-refractivity contribution in [2.75, 3.05) is 7.11 Å². The zero-order valence-corrected chi connectivity index (χ0v) is 18.6. The molecule has 0 saturated heterocycles. The maximum atomic E-state index is 6.16. The largest absolute Gasteiger partial charge is 1.00 e. The molecule has 1 aliphatic rings. The second-order valence-corrected chi connectivity index (χ2v) is 12.1. The van der Waals surface area contributed by atoms with Gasteiger partial charge in [0.1, 0.15) is 0 Å². The summed E-state index contributed by atoms with van der Waals surface area (Å²) in [6.45, 7) is 9.16. The fourth-order valence-corrected chi connectivity index (χ4v) is 7.36.